The Morgan fingerprint density at radius 1 is 0.651 bits per heavy atom. The molecule has 0 atom stereocenters. The van der Waals surface area contributed by atoms with Crippen molar-refractivity contribution in [1.29, 1.82) is 0 Å². The fraction of sp³-hybridized carbons (Fsp3) is 0.394. The number of rotatable bonds is 9. The van der Waals surface area contributed by atoms with Crippen molar-refractivity contribution < 1.29 is 35.9 Å². The highest BCUT2D eigenvalue weighted by atomic mass is 19.4. The molecule has 0 aliphatic heterocycles. The predicted molar refractivity (Wildman–Crippen MR) is 156 cm³/mol. The molecular weight excluding hydrogens is 570 g/mol. The first-order valence-electron chi connectivity index (χ1n) is 14.0. The Morgan fingerprint density at radius 3 is 1.67 bits per heavy atom. The molecule has 3 aromatic carbocycles. The van der Waals surface area contributed by atoms with Crippen LogP contribution in [0.1, 0.15) is 98.2 Å². The van der Waals surface area contributed by atoms with Gasteiger partial charge in [0.05, 0.1) is 11.1 Å². The molecule has 0 heterocycles. The van der Waals surface area contributed by atoms with E-state index in [2.05, 4.69) is 10.6 Å². The second kappa shape index (κ2) is 12.4. The SMILES string of the molecule is CCC(C)(CC)NC(=O)c1cccc(C(=O)Nc2ccc(-c3ccc(C(C)(C)CC)cc3C(F)(F)F)c(C(F)(F)F)c2)c1. The molecule has 43 heavy (non-hydrogen) atoms. The van der Waals surface area contributed by atoms with Crippen LogP contribution in [-0.4, -0.2) is 17.4 Å². The van der Waals surface area contributed by atoms with E-state index in [1.165, 1.54) is 30.3 Å². The normalized spacial score (nSPS) is 12.7. The van der Waals surface area contributed by atoms with Crippen LogP contribution in [0.2, 0.25) is 0 Å². The van der Waals surface area contributed by atoms with Gasteiger partial charge in [-0.15, -0.1) is 0 Å². The maximum absolute atomic E-state index is 14.2. The lowest BCUT2D eigenvalue weighted by Crippen LogP contribution is -2.45. The van der Waals surface area contributed by atoms with Gasteiger partial charge in [0.25, 0.3) is 11.8 Å². The van der Waals surface area contributed by atoms with Crippen LogP contribution in [0, 0.1) is 0 Å². The van der Waals surface area contributed by atoms with E-state index in [1.807, 2.05) is 27.7 Å². The Kier molecular flexibility index (Phi) is 9.73. The highest BCUT2D eigenvalue weighted by molar-refractivity contribution is 6.06. The Balaban J connectivity index is 2.00. The molecule has 3 rings (SSSR count). The highest BCUT2D eigenvalue weighted by Gasteiger charge is 2.39. The van der Waals surface area contributed by atoms with Crippen molar-refractivity contribution in [2.45, 2.75) is 84.1 Å². The van der Waals surface area contributed by atoms with Gasteiger partial charge < -0.3 is 10.6 Å². The number of anilines is 1. The molecular formula is C33H36F6N2O2. The van der Waals surface area contributed by atoms with E-state index in [1.54, 1.807) is 13.8 Å². The summed E-state index contributed by atoms with van der Waals surface area (Å²) in [6.07, 6.45) is -8.05. The van der Waals surface area contributed by atoms with Gasteiger partial charge >= 0.3 is 12.4 Å². The highest BCUT2D eigenvalue weighted by Crippen LogP contribution is 2.45. The first-order chi connectivity index (χ1) is 19.8. The van der Waals surface area contributed by atoms with Gasteiger partial charge in [-0.25, -0.2) is 0 Å². The molecule has 0 unspecified atom stereocenters. The molecule has 0 saturated carbocycles. The average Bonchev–Trinajstić information content (AvgIpc) is 2.95. The van der Waals surface area contributed by atoms with E-state index < -0.39 is 57.4 Å². The average molecular weight is 607 g/mol. The Bertz CT molecular complexity index is 1490. The summed E-state index contributed by atoms with van der Waals surface area (Å²) in [5, 5.41) is 5.30. The van der Waals surface area contributed by atoms with Crippen molar-refractivity contribution in [3.63, 3.8) is 0 Å². The molecule has 0 fully saturated rings. The van der Waals surface area contributed by atoms with Crippen LogP contribution in [-0.2, 0) is 17.8 Å². The summed E-state index contributed by atoms with van der Waals surface area (Å²) < 4.78 is 85.1. The molecule has 0 aliphatic rings. The van der Waals surface area contributed by atoms with Crippen LogP contribution < -0.4 is 10.6 Å². The summed E-state index contributed by atoms with van der Waals surface area (Å²) >= 11 is 0. The number of alkyl halides is 6. The summed E-state index contributed by atoms with van der Waals surface area (Å²) in [6, 6.07) is 11.8. The van der Waals surface area contributed by atoms with Gasteiger partial charge in [-0.2, -0.15) is 26.3 Å². The van der Waals surface area contributed by atoms with E-state index in [0.717, 1.165) is 24.3 Å². The van der Waals surface area contributed by atoms with Crippen molar-refractivity contribution in [2.75, 3.05) is 5.32 Å². The lowest BCUT2D eigenvalue weighted by molar-refractivity contribution is -0.139. The molecule has 2 amide bonds. The zero-order valence-corrected chi connectivity index (χ0v) is 25.0. The Morgan fingerprint density at radius 2 is 1.16 bits per heavy atom. The van der Waals surface area contributed by atoms with E-state index in [9.17, 15) is 35.9 Å². The van der Waals surface area contributed by atoms with E-state index in [4.69, 9.17) is 0 Å². The lowest BCUT2D eigenvalue weighted by atomic mass is 9.80. The minimum Gasteiger partial charge on any atom is -0.347 e. The number of nitrogens with one attached hydrogen (secondary N) is 2. The zero-order valence-electron chi connectivity index (χ0n) is 25.0. The van der Waals surface area contributed by atoms with Gasteiger partial charge in [0.15, 0.2) is 0 Å². The Labute approximate surface area is 247 Å². The van der Waals surface area contributed by atoms with Crippen molar-refractivity contribution in [3.05, 3.63) is 88.5 Å². The molecule has 0 spiro atoms. The van der Waals surface area contributed by atoms with Crippen molar-refractivity contribution in [1.82, 2.24) is 5.32 Å². The van der Waals surface area contributed by atoms with E-state index in [-0.39, 0.29) is 16.8 Å². The maximum Gasteiger partial charge on any atom is 0.417 e. The smallest absolute Gasteiger partial charge is 0.347 e. The van der Waals surface area contributed by atoms with Gasteiger partial charge in [0.2, 0.25) is 0 Å². The summed E-state index contributed by atoms with van der Waals surface area (Å²) in [5.74, 6) is -1.19. The zero-order chi connectivity index (χ0) is 32.4. The molecule has 2 N–H and O–H groups in total. The molecule has 3 aromatic rings. The molecule has 10 heteroatoms. The lowest BCUT2D eigenvalue weighted by Gasteiger charge is -2.28. The van der Waals surface area contributed by atoms with E-state index in [0.29, 0.717) is 30.9 Å². The minimum atomic E-state index is -5.02. The van der Waals surface area contributed by atoms with Gasteiger partial charge in [-0.1, -0.05) is 58.9 Å². The standard InChI is InChI=1S/C33H36F6N2O2/c1-7-30(4,5)22-13-15-24(26(18-22)32(34,35)36)25-16-14-23(19-27(25)33(37,38)39)40-28(42)20-11-10-12-21(17-20)29(43)41-31(6,8-2)9-3/h10-19H,7-9H2,1-6H3,(H,40,42)(H,41,43). The number of hydrogen-bond donors (Lipinski definition) is 2. The first-order valence-corrected chi connectivity index (χ1v) is 14.0. The summed E-state index contributed by atoms with van der Waals surface area (Å²) in [6.45, 7) is 11.1. The second-order valence-electron chi connectivity index (χ2n) is 11.5. The number of carbonyl (C=O) groups is 2. The third-order valence-corrected chi connectivity index (χ3v) is 8.23. The fourth-order valence-electron chi connectivity index (χ4n) is 4.51. The van der Waals surface area contributed by atoms with Crippen LogP contribution >= 0.6 is 0 Å². The van der Waals surface area contributed by atoms with Crippen LogP contribution in [0.5, 0.6) is 0 Å². The Hall–Kier alpha value is -3.82. The third kappa shape index (κ3) is 7.77. The topological polar surface area (TPSA) is 58.2 Å². The van der Waals surface area contributed by atoms with Crippen molar-refractivity contribution in [2.24, 2.45) is 0 Å². The van der Waals surface area contributed by atoms with Gasteiger partial charge in [-0.3, -0.25) is 9.59 Å². The van der Waals surface area contributed by atoms with Crippen molar-refractivity contribution >= 4 is 17.5 Å². The molecule has 0 aromatic heterocycles. The van der Waals surface area contributed by atoms with Gasteiger partial charge in [0.1, 0.15) is 0 Å². The minimum absolute atomic E-state index is 0.0217. The number of carbonyl (C=O) groups excluding carboxylic acids is 2. The fourth-order valence-corrected chi connectivity index (χ4v) is 4.51. The van der Waals surface area contributed by atoms with Crippen LogP contribution in [0.4, 0.5) is 32.0 Å². The molecule has 232 valence electrons. The molecule has 0 bridgehead atoms. The summed E-state index contributed by atoms with van der Waals surface area (Å²) in [7, 11) is 0. The van der Waals surface area contributed by atoms with Gasteiger partial charge in [0, 0.05) is 22.4 Å². The summed E-state index contributed by atoms with van der Waals surface area (Å²) in [5.41, 5.74) is -4.55. The number of benzene rings is 3. The molecule has 0 saturated heterocycles. The molecule has 0 radical (unpaired) electrons. The van der Waals surface area contributed by atoms with E-state index >= 15 is 0 Å². The first kappa shape index (κ1) is 33.7. The monoisotopic (exact) mass is 606 g/mol. The maximum atomic E-state index is 14.2. The second-order valence-corrected chi connectivity index (χ2v) is 11.5. The largest absolute Gasteiger partial charge is 0.417 e. The predicted octanol–water partition coefficient (Wildman–Crippen LogP) is 9.64. The van der Waals surface area contributed by atoms with Gasteiger partial charge in [-0.05, 0) is 84.7 Å². The summed E-state index contributed by atoms with van der Waals surface area (Å²) in [4.78, 5) is 25.8. The van der Waals surface area contributed by atoms with Crippen molar-refractivity contribution in [3.8, 4) is 11.1 Å². The molecule has 4 nitrogen and oxygen atoms in total. The third-order valence-electron chi connectivity index (χ3n) is 8.23. The van der Waals surface area contributed by atoms with Crippen LogP contribution in [0.3, 0.4) is 0 Å². The number of amides is 2. The number of hydrogen-bond acceptors (Lipinski definition) is 2. The quantitative estimate of drug-likeness (QED) is 0.238. The van der Waals surface area contributed by atoms with Crippen LogP contribution in [0.25, 0.3) is 11.1 Å². The molecule has 0 aliphatic carbocycles. The van der Waals surface area contributed by atoms with Crippen LogP contribution in [0.15, 0.2) is 60.7 Å². The number of halogens is 6.